The molecule has 0 amide bonds. The van der Waals surface area contributed by atoms with Crippen molar-refractivity contribution in [1.82, 2.24) is 4.90 Å². The molecule has 1 atom stereocenters. The van der Waals surface area contributed by atoms with Crippen molar-refractivity contribution < 1.29 is 5.11 Å². The standard InChI is InChI=1S/C17H20ClNOS/c18-14-4-1-3-13(11-14)17(20)8-9-19(15-6-7-15)12-16-5-2-10-21-16/h1-5,10-11,15,17,20H,6-9,12H2. The van der Waals surface area contributed by atoms with Crippen LogP contribution in [0.3, 0.4) is 0 Å². The predicted octanol–water partition coefficient (Wildman–Crippen LogP) is 4.49. The van der Waals surface area contributed by atoms with Crippen LogP contribution in [0.5, 0.6) is 0 Å². The molecule has 1 unspecified atom stereocenters. The van der Waals surface area contributed by atoms with E-state index in [4.69, 9.17) is 11.6 Å². The van der Waals surface area contributed by atoms with Crippen LogP contribution in [0.4, 0.5) is 0 Å². The molecule has 1 aliphatic rings. The van der Waals surface area contributed by atoms with Gasteiger partial charge >= 0.3 is 0 Å². The normalized spacial score (nSPS) is 16.3. The van der Waals surface area contributed by atoms with Crippen molar-refractivity contribution in [2.24, 2.45) is 0 Å². The minimum Gasteiger partial charge on any atom is -0.388 e. The van der Waals surface area contributed by atoms with Gasteiger partial charge in [-0.15, -0.1) is 11.3 Å². The van der Waals surface area contributed by atoms with Gasteiger partial charge in [-0.2, -0.15) is 0 Å². The highest BCUT2D eigenvalue weighted by Crippen LogP contribution is 2.30. The molecular weight excluding hydrogens is 302 g/mol. The molecule has 2 aromatic rings. The van der Waals surface area contributed by atoms with Crippen molar-refractivity contribution in [2.45, 2.75) is 38.0 Å². The molecule has 1 saturated carbocycles. The zero-order valence-electron chi connectivity index (χ0n) is 11.9. The number of aliphatic hydroxyl groups is 1. The second-order valence-electron chi connectivity index (χ2n) is 5.64. The van der Waals surface area contributed by atoms with Gasteiger partial charge in [0.15, 0.2) is 0 Å². The van der Waals surface area contributed by atoms with E-state index < -0.39 is 6.10 Å². The summed E-state index contributed by atoms with van der Waals surface area (Å²) in [5, 5.41) is 13.2. The smallest absolute Gasteiger partial charge is 0.0802 e. The lowest BCUT2D eigenvalue weighted by atomic mass is 10.1. The van der Waals surface area contributed by atoms with E-state index in [0.29, 0.717) is 11.1 Å². The van der Waals surface area contributed by atoms with E-state index in [-0.39, 0.29) is 0 Å². The Labute approximate surface area is 135 Å². The van der Waals surface area contributed by atoms with Gasteiger partial charge in [0, 0.05) is 29.0 Å². The molecule has 1 fully saturated rings. The van der Waals surface area contributed by atoms with Crippen molar-refractivity contribution in [3.63, 3.8) is 0 Å². The van der Waals surface area contributed by atoms with Crippen LogP contribution in [-0.4, -0.2) is 22.6 Å². The largest absolute Gasteiger partial charge is 0.388 e. The lowest BCUT2D eigenvalue weighted by molar-refractivity contribution is 0.137. The summed E-state index contributed by atoms with van der Waals surface area (Å²) in [7, 11) is 0. The third-order valence-corrected chi connectivity index (χ3v) is 5.02. The van der Waals surface area contributed by atoms with Gasteiger partial charge in [-0.05, 0) is 48.4 Å². The molecule has 2 nitrogen and oxygen atoms in total. The highest BCUT2D eigenvalue weighted by atomic mass is 35.5. The molecule has 0 radical (unpaired) electrons. The first-order chi connectivity index (χ1) is 10.2. The van der Waals surface area contributed by atoms with Gasteiger partial charge in [-0.3, -0.25) is 4.90 Å². The monoisotopic (exact) mass is 321 g/mol. The van der Waals surface area contributed by atoms with Gasteiger partial charge in [0.1, 0.15) is 0 Å². The topological polar surface area (TPSA) is 23.5 Å². The first-order valence-electron chi connectivity index (χ1n) is 7.42. The summed E-state index contributed by atoms with van der Waals surface area (Å²) in [5.74, 6) is 0. The van der Waals surface area contributed by atoms with Gasteiger partial charge in [0.25, 0.3) is 0 Å². The molecule has 4 heteroatoms. The molecule has 0 bridgehead atoms. The molecule has 0 spiro atoms. The Balaban J connectivity index is 1.56. The highest BCUT2D eigenvalue weighted by Gasteiger charge is 2.29. The Hall–Kier alpha value is -0.870. The first-order valence-corrected chi connectivity index (χ1v) is 8.68. The number of hydrogen-bond donors (Lipinski definition) is 1. The van der Waals surface area contributed by atoms with Gasteiger partial charge in [-0.1, -0.05) is 29.8 Å². The maximum absolute atomic E-state index is 10.3. The van der Waals surface area contributed by atoms with E-state index in [9.17, 15) is 5.11 Å². The molecule has 1 N–H and O–H groups in total. The number of thiophene rings is 1. The predicted molar refractivity (Wildman–Crippen MR) is 88.8 cm³/mol. The number of benzene rings is 1. The molecular formula is C17H20ClNOS. The molecule has 21 heavy (non-hydrogen) atoms. The van der Waals surface area contributed by atoms with Crippen LogP contribution < -0.4 is 0 Å². The number of hydrogen-bond acceptors (Lipinski definition) is 3. The second kappa shape index (κ2) is 6.93. The Morgan fingerprint density at radius 2 is 2.14 bits per heavy atom. The van der Waals surface area contributed by atoms with E-state index in [1.807, 2.05) is 35.6 Å². The Kier molecular flexibility index (Phi) is 4.96. The van der Waals surface area contributed by atoms with Crippen molar-refractivity contribution in [2.75, 3.05) is 6.54 Å². The zero-order chi connectivity index (χ0) is 14.7. The third kappa shape index (κ3) is 4.30. The molecule has 0 saturated heterocycles. The van der Waals surface area contributed by atoms with Crippen molar-refractivity contribution in [3.05, 3.63) is 57.2 Å². The molecule has 0 aliphatic heterocycles. The number of rotatable bonds is 7. The Bertz CT molecular complexity index is 568. The Morgan fingerprint density at radius 1 is 1.29 bits per heavy atom. The third-order valence-electron chi connectivity index (χ3n) is 3.93. The number of nitrogens with zero attached hydrogens (tertiary/aromatic N) is 1. The fourth-order valence-electron chi connectivity index (χ4n) is 2.60. The molecule has 1 aliphatic carbocycles. The van der Waals surface area contributed by atoms with Gasteiger partial charge < -0.3 is 5.11 Å². The molecule has 1 heterocycles. The minimum absolute atomic E-state index is 0.437. The summed E-state index contributed by atoms with van der Waals surface area (Å²) in [4.78, 5) is 3.90. The number of halogens is 1. The van der Waals surface area contributed by atoms with Crippen LogP contribution >= 0.6 is 22.9 Å². The highest BCUT2D eigenvalue weighted by molar-refractivity contribution is 7.09. The molecule has 112 valence electrons. The fourth-order valence-corrected chi connectivity index (χ4v) is 3.53. The molecule has 1 aromatic carbocycles. The molecule has 3 rings (SSSR count). The van der Waals surface area contributed by atoms with Gasteiger partial charge in [0.2, 0.25) is 0 Å². The van der Waals surface area contributed by atoms with Crippen LogP contribution in [0.25, 0.3) is 0 Å². The molecule has 1 aromatic heterocycles. The summed E-state index contributed by atoms with van der Waals surface area (Å²) in [6, 6.07) is 12.5. The van der Waals surface area contributed by atoms with E-state index in [2.05, 4.69) is 22.4 Å². The van der Waals surface area contributed by atoms with E-state index in [1.165, 1.54) is 17.7 Å². The first kappa shape index (κ1) is 15.0. The Morgan fingerprint density at radius 3 is 2.81 bits per heavy atom. The minimum atomic E-state index is -0.437. The maximum Gasteiger partial charge on any atom is 0.0802 e. The van der Waals surface area contributed by atoms with Crippen LogP contribution in [0, 0.1) is 0 Å². The maximum atomic E-state index is 10.3. The average Bonchev–Trinajstić information content (AvgIpc) is 3.20. The van der Waals surface area contributed by atoms with Crippen molar-refractivity contribution in [1.29, 1.82) is 0 Å². The number of aliphatic hydroxyl groups excluding tert-OH is 1. The lowest BCUT2D eigenvalue weighted by Gasteiger charge is -2.23. The summed E-state index contributed by atoms with van der Waals surface area (Å²) in [5.41, 5.74) is 0.911. The summed E-state index contributed by atoms with van der Waals surface area (Å²) < 4.78 is 0. The van der Waals surface area contributed by atoms with Crippen LogP contribution in [0.2, 0.25) is 5.02 Å². The summed E-state index contributed by atoms with van der Waals surface area (Å²) in [6.45, 7) is 1.93. The average molecular weight is 322 g/mol. The van der Waals surface area contributed by atoms with E-state index >= 15 is 0 Å². The second-order valence-corrected chi connectivity index (χ2v) is 7.11. The summed E-state index contributed by atoms with van der Waals surface area (Å²) >= 11 is 7.79. The SMILES string of the molecule is OC(CCN(Cc1cccs1)C1CC1)c1cccc(Cl)c1. The zero-order valence-corrected chi connectivity index (χ0v) is 13.5. The quantitative estimate of drug-likeness (QED) is 0.812. The van der Waals surface area contributed by atoms with E-state index in [0.717, 1.165) is 25.1 Å². The van der Waals surface area contributed by atoms with Crippen LogP contribution in [-0.2, 0) is 6.54 Å². The van der Waals surface area contributed by atoms with E-state index in [1.54, 1.807) is 0 Å². The summed E-state index contributed by atoms with van der Waals surface area (Å²) in [6.07, 6.45) is 2.90. The van der Waals surface area contributed by atoms with Crippen molar-refractivity contribution >= 4 is 22.9 Å². The van der Waals surface area contributed by atoms with Crippen molar-refractivity contribution in [3.8, 4) is 0 Å². The lowest BCUT2D eigenvalue weighted by Crippen LogP contribution is -2.27. The van der Waals surface area contributed by atoms with Crippen LogP contribution in [0.1, 0.15) is 35.8 Å². The van der Waals surface area contributed by atoms with Gasteiger partial charge in [0.05, 0.1) is 6.10 Å². The van der Waals surface area contributed by atoms with Crippen LogP contribution in [0.15, 0.2) is 41.8 Å². The fraction of sp³-hybridized carbons (Fsp3) is 0.412. The van der Waals surface area contributed by atoms with Gasteiger partial charge in [-0.25, -0.2) is 0 Å².